The minimum atomic E-state index is -0.381. The van der Waals surface area contributed by atoms with Crippen molar-refractivity contribution >= 4 is 41.8 Å². The zero-order chi connectivity index (χ0) is 17.5. The molecule has 0 radical (unpaired) electrons. The van der Waals surface area contributed by atoms with E-state index in [1.807, 2.05) is 13.8 Å². The summed E-state index contributed by atoms with van der Waals surface area (Å²) in [6.07, 6.45) is 1.55. The number of nitrogens with one attached hydrogen (secondary N) is 2. The smallest absolute Gasteiger partial charge is 0.238 e. The number of anilines is 1. The normalized spacial score (nSPS) is 12.2. The molecule has 138 valence electrons. The van der Waals surface area contributed by atoms with Crippen molar-refractivity contribution in [3.8, 4) is 0 Å². The van der Waals surface area contributed by atoms with Crippen LogP contribution in [0, 0.1) is 6.92 Å². The SMILES string of the molecule is CCC(CC)(CN)NC(=O)CSC(C)C(=O)Nc1cc(C)on1.Cl. The molecule has 2 amide bonds. The Morgan fingerprint density at radius 3 is 2.50 bits per heavy atom. The van der Waals surface area contributed by atoms with E-state index in [1.165, 1.54) is 11.8 Å². The third-order valence-electron chi connectivity index (χ3n) is 3.86. The van der Waals surface area contributed by atoms with E-state index in [9.17, 15) is 9.59 Å². The van der Waals surface area contributed by atoms with Gasteiger partial charge in [0.1, 0.15) is 5.76 Å². The first kappa shape index (κ1) is 22.8. The number of carbonyl (C=O) groups is 2. The molecule has 0 fully saturated rings. The summed E-state index contributed by atoms with van der Waals surface area (Å²) in [4.78, 5) is 24.1. The number of halogens is 1. The van der Waals surface area contributed by atoms with Gasteiger partial charge >= 0.3 is 0 Å². The molecule has 1 rings (SSSR count). The van der Waals surface area contributed by atoms with Crippen LogP contribution >= 0.6 is 24.2 Å². The summed E-state index contributed by atoms with van der Waals surface area (Å²) >= 11 is 1.27. The van der Waals surface area contributed by atoms with Crippen LogP contribution in [-0.4, -0.2) is 40.1 Å². The van der Waals surface area contributed by atoms with Crippen molar-refractivity contribution in [1.82, 2.24) is 10.5 Å². The van der Waals surface area contributed by atoms with E-state index < -0.39 is 0 Å². The van der Waals surface area contributed by atoms with E-state index in [-0.39, 0.29) is 40.8 Å². The Balaban J connectivity index is 0.00000529. The van der Waals surface area contributed by atoms with Gasteiger partial charge in [-0.1, -0.05) is 19.0 Å². The zero-order valence-electron chi connectivity index (χ0n) is 14.5. The van der Waals surface area contributed by atoms with Crippen LogP contribution in [0.3, 0.4) is 0 Å². The summed E-state index contributed by atoms with van der Waals surface area (Å²) in [5.41, 5.74) is 5.41. The highest BCUT2D eigenvalue weighted by molar-refractivity contribution is 8.01. The monoisotopic (exact) mass is 378 g/mol. The quantitative estimate of drug-likeness (QED) is 0.606. The lowest BCUT2D eigenvalue weighted by Crippen LogP contribution is -2.53. The number of aryl methyl sites for hydroxylation is 1. The van der Waals surface area contributed by atoms with Gasteiger partial charge in [0.05, 0.1) is 16.5 Å². The predicted molar refractivity (Wildman–Crippen MR) is 99.5 cm³/mol. The maximum atomic E-state index is 12.1. The van der Waals surface area contributed by atoms with Crippen LogP contribution in [0.2, 0.25) is 0 Å². The molecule has 0 aliphatic rings. The van der Waals surface area contributed by atoms with E-state index >= 15 is 0 Å². The molecule has 4 N–H and O–H groups in total. The molecular formula is C15H27ClN4O3S. The molecule has 1 heterocycles. The minimum Gasteiger partial charge on any atom is -0.360 e. The van der Waals surface area contributed by atoms with Crippen LogP contribution in [-0.2, 0) is 9.59 Å². The molecule has 9 heteroatoms. The summed E-state index contributed by atoms with van der Waals surface area (Å²) < 4.78 is 4.89. The molecule has 0 saturated heterocycles. The van der Waals surface area contributed by atoms with Crippen molar-refractivity contribution in [3.05, 3.63) is 11.8 Å². The molecule has 0 aliphatic carbocycles. The van der Waals surface area contributed by atoms with Crippen LogP contribution in [0.4, 0.5) is 5.82 Å². The lowest BCUT2D eigenvalue weighted by atomic mass is 9.93. The van der Waals surface area contributed by atoms with Gasteiger partial charge < -0.3 is 20.9 Å². The highest BCUT2D eigenvalue weighted by Gasteiger charge is 2.26. The Hall–Kier alpha value is -1.25. The summed E-state index contributed by atoms with van der Waals surface area (Å²) in [7, 11) is 0. The Labute approximate surface area is 153 Å². The predicted octanol–water partition coefficient (Wildman–Crippen LogP) is 2.10. The number of aromatic nitrogens is 1. The standard InChI is InChI=1S/C15H26N4O3S.ClH/c1-5-15(6-2,9-16)18-13(20)8-23-11(4)14(21)17-12-7-10(3)22-19-12;/h7,11H,5-6,8-9,16H2,1-4H3,(H,18,20)(H,17,19,21);1H. The second-order valence-electron chi connectivity index (χ2n) is 5.51. The van der Waals surface area contributed by atoms with Crippen LogP contribution < -0.4 is 16.4 Å². The maximum Gasteiger partial charge on any atom is 0.238 e. The third kappa shape index (κ3) is 6.70. The van der Waals surface area contributed by atoms with Crippen molar-refractivity contribution in [2.45, 2.75) is 51.3 Å². The van der Waals surface area contributed by atoms with Crippen molar-refractivity contribution in [1.29, 1.82) is 0 Å². The first-order valence-electron chi connectivity index (χ1n) is 7.72. The molecule has 0 saturated carbocycles. The van der Waals surface area contributed by atoms with E-state index in [0.717, 1.165) is 12.8 Å². The maximum absolute atomic E-state index is 12.1. The van der Waals surface area contributed by atoms with Gasteiger partial charge in [0.2, 0.25) is 11.8 Å². The highest BCUT2D eigenvalue weighted by Crippen LogP contribution is 2.16. The number of amides is 2. The van der Waals surface area contributed by atoms with E-state index in [0.29, 0.717) is 18.1 Å². The van der Waals surface area contributed by atoms with E-state index in [2.05, 4.69) is 15.8 Å². The summed E-state index contributed by atoms with van der Waals surface area (Å²) in [5, 5.41) is 8.96. The second-order valence-corrected chi connectivity index (χ2v) is 6.83. The summed E-state index contributed by atoms with van der Waals surface area (Å²) in [6, 6.07) is 1.64. The average Bonchev–Trinajstić information content (AvgIpc) is 2.95. The number of nitrogens with zero attached hydrogens (tertiary/aromatic N) is 1. The van der Waals surface area contributed by atoms with Gasteiger partial charge in [0.15, 0.2) is 5.82 Å². The van der Waals surface area contributed by atoms with E-state index in [1.54, 1.807) is 19.9 Å². The molecule has 0 spiro atoms. The number of carbonyl (C=O) groups excluding carboxylic acids is 2. The number of rotatable bonds is 9. The van der Waals surface area contributed by atoms with Crippen LogP contribution in [0.5, 0.6) is 0 Å². The lowest BCUT2D eigenvalue weighted by molar-refractivity contribution is -0.120. The van der Waals surface area contributed by atoms with Crippen molar-refractivity contribution in [2.24, 2.45) is 5.73 Å². The van der Waals surface area contributed by atoms with Crippen LogP contribution in [0.15, 0.2) is 10.6 Å². The van der Waals surface area contributed by atoms with Crippen molar-refractivity contribution in [2.75, 3.05) is 17.6 Å². The van der Waals surface area contributed by atoms with Gasteiger partial charge in [-0.2, -0.15) is 0 Å². The lowest BCUT2D eigenvalue weighted by Gasteiger charge is -2.31. The second kappa shape index (κ2) is 10.6. The Bertz CT molecular complexity index is 526. The Kier molecular flexibility index (Phi) is 10.0. The largest absolute Gasteiger partial charge is 0.360 e. The number of hydrogen-bond donors (Lipinski definition) is 3. The molecule has 1 aromatic rings. The summed E-state index contributed by atoms with van der Waals surface area (Å²) in [6.45, 7) is 7.89. The fourth-order valence-corrected chi connectivity index (χ4v) is 2.71. The first-order valence-corrected chi connectivity index (χ1v) is 8.77. The highest BCUT2D eigenvalue weighted by atomic mass is 35.5. The number of nitrogens with two attached hydrogens (primary N) is 1. The molecule has 0 aromatic carbocycles. The third-order valence-corrected chi connectivity index (χ3v) is 5.00. The minimum absolute atomic E-state index is 0. The summed E-state index contributed by atoms with van der Waals surface area (Å²) in [5.74, 6) is 0.878. The molecule has 0 bridgehead atoms. The molecule has 24 heavy (non-hydrogen) atoms. The fourth-order valence-electron chi connectivity index (χ4n) is 2.03. The Morgan fingerprint density at radius 2 is 2.04 bits per heavy atom. The molecule has 1 atom stereocenters. The van der Waals surface area contributed by atoms with Gasteiger partial charge in [-0.15, -0.1) is 24.2 Å². The van der Waals surface area contributed by atoms with Crippen LogP contribution in [0.25, 0.3) is 0 Å². The molecular weight excluding hydrogens is 352 g/mol. The molecule has 1 aromatic heterocycles. The van der Waals surface area contributed by atoms with Gasteiger partial charge in [-0.3, -0.25) is 9.59 Å². The number of thioether (sulfide) groups is 1. The van der Waals surface area contributed by atoms with Crippen molar-refractivity contribution in [3.63, 3.8) is 0 Å². The first-order chi connectivity index (χ1) is 10.9. The fraction of sp³-hybridized carbons (Fsp3) is 0.667. The number of hydrogen-bond acceptors (Lipinski definition) is 6. The molecule has 0 aliphatic heterocycles. The van der Waals surface area contributed by atoms with E-state index in [4.69, 9.17) is 10.3 Å². The van der Waals surface area contributed by atoms with Gasteiger partial charge in [-0.25, -0.2) is 0 Å². The van der Waals surface area contributed by atoms with Crippen molar-refractivity contribution < 1.29 is 14.1 Å². The molecule has 1 unspecified atom stereocenters. The van der Waals surface area contributed by atoms with Gasteiger partial charge in [-0.05, 0) is 26.7 Å². The van der Waals surface area contributed by atoms with Gasteiger partial charge in [0, 0.05) is 12.6 Å². The molecule has 7 nitrogen and oxygen atoms in total. The topological polar surface area (TPSA) is 110 Å². The van der Waals surface area contributed by atoms with Gasteiger partial charge in [0.25, 0.3) is 0 Å². The Morgan fingerprint density at radius 1 is 1.42 bits per heavy atom. The van der Waals surface area contributed by atoms with Crippen LogP contribution in [0.1, 0.15) is 39.4 Å². The zero-order valence-corrected chi connectivity index (χ0v) is 16.2. The average molecular weight is 379 g/mol.